The van der Waals surface area contributed by atoms with Gasteiger partial charge in [0.1, 0.15) is 11.8 Å². The Hall–Kier alpha value is -2.74. The third kappa shape index (κ3) is 3.06. The highest BCUT2D eigenvalue weighted by molar-refractivity contribution is 5.92. The van der Waals surface area contributed by atoms with Crippen molar-refractivity contribution in [1.29, 1.82) is 5.26 Å². The maximum atomic E-state index is 12.5. The van der Waals surface area contributed by atoms with Crippen molar-refractivity contribution in [3.63, 3.8) is 0 Å². The van der Waals surface area contributed by atoms with Crippen molar-refractivity contribution in [3.05, 3.63) is 59.2 Å². The Morgan fingerprint density at radius 3 is 2.71 bits per heavy atom. The second-order valence-corrected chi connectivity index (χ2v) is 4.82. The van der Waals surface area contributed by atoms with Gasteiger partial charge in [0, 0.05) is 19.4 Å². The van der Waals surface area contributed by atoms with Gasteiger partial charge < -0.3 is 4.90 Å². The lowest BCUT2D eigenvalue weighted by atomic mass is 10.1. The molecule has 0 bridgehead atoms. The first-order valence-electron chi connectivity index (χ1n) is 6.59. The maximum Gasteiger partial charge on any atom is 0.272 e. The Kier molecular flexibility index (Phi) is 4.29. The highest BCUT2D eigenvalue weighted by Crippen LogP contribution is 2.19. The molecule has 0 saturated carbocycles. The van der Waals surface area contributed by atoms with E-state index in [2.05, 4.69) is 9.97 Å². The van der Waals surface area contributed by atoms with Crippen LogP contribution in [0.1, 0.15) is 40.3 Å². The molecule has 2 rings (SSSR count). The number of hydrogen-bond acceptors (Lipinski definition) is 4. The van der Waals surface area contributed by atoms with Crippen LogP contribution in [0.5, 0.6) is 0 Å². The van der Waals surface area contributed by atoms with Gasteiger partial charge in [0.2, 0.25) is 0 Å². The average molecular weight is 280 g/mol. The third-order valence-electron chi connectivity index (χ3n) is 3.49. The molecule has 0 unspecified atom stereocenters. The Balaban J connectivity index is 2.24. The number of nitriles is 1. The minimum absolute atomic E-state index is 0.107. The van der Waals surface area contributed by atoms with E-state index < -0.39 is 0 Å². The molecule has 0 aliphatic heterocycles. The van der Waals surface area contributed by atoms with Crippen LogP contribution in [-0.2, 0) is 0 Å². The molecule has 0 aliphatic carbocycles. The van der Waals surface area contributed by atoms with Crippen molar-refractivity contribution >= 4 is 5.91 Å². The lowest BCUT2D eigenvalue weighted by molar-refractivity contribution is 0.0736. The quantitative estimate of drug-likeness (QED) is 0.866. The number of hydrogen-bond donors (Lipinski definition) is 0. The van der Waals surface area contributed by atoms with Crippen molar-refractivity contribution < 1.29 is 4.79 Å². The van der Waals surface area contributed by atoms with Crippen LogP contribution in [0.4, 0.5) is 0 Å². The normalized spacial score (nSPS) is 11.5. The van der Waals surface area contributed by atoms with E-state index in [-0.39, 0.29) is 11.9 Å². The molecule has 0 aliphatic rings. The van der Waals surface area contributed by atoms with E-state index in [1.807, 2.05) is 25.1 Å². The summed E-state index contributed by atoms with van der Waals surface area (Å²) in [5, 5.41) is 8.90. The molecule has 2 aromatic heterocycles. The second-order valence-electron chi connectivity index (χ2n) is 4.82. The first kappa shape index (κ1) is 14.7. The van der Waals surface area contributed by atoms with Crippen LogP contribution in [0.15, 0.2) is 36.7 Å². The molecule has 0 spiro atoms. The van der Waals surface area contributed by atoms with Crippen molar-refractivity contribution in [3.8, 4) is 6.07 Å². The number of amides is 1. The summed E-state index contributed by atoms with van der Waals surface area (Å²) < 4.78 is 0. The van der Waals surface area contributed by atoms with E-state index in [0.29, 0.717) is 17.0 Å². The van der Waals surface area contributed by atoms with Gasteiger partial charge in [-0.3, -0.25) is 9.78 Å². The van der Waals surface area contributed by atoms with Crippen LogP contribution >= 0.6 is 0 Å². The lowest BCUT2D eigenvalue weighted by Gasteiger charge is -2.24. The summed E-state index contributed by atoms with van der Waals surface area (Å²) in [4.78, 5) is 22.4. The number of rotatable bonds is 3. The predicted octanol–water partition coefficient (Wildman–Crippen LogP) is 2.49. The third-order valence-corrected chi connectivity index (χ3v) is 3.49. The smallest absolute Gasteiger partial charge is 0.272 e. The molecular formula is C16H16N4O. The van der Waals surface area contributed by atoms with E-state index in [1.165, 1.54) is 0 Å². The molecule has 0 N–H and O–H groups in total. The number of aromatic nitrogens is 2. The Labute approximate surface area is 123 Å². The summed E-state index contributed by atoms with van der Waals surface area (Å²) in [6, 6.07) is 8.91. The standard InChI is InChI=1S/C16H16N4O/c1-11-13(9-17)6-7-15(19-11)16(21)20(3)12(2)14-5-4-8-18-10-14/h4-8,10,12H,1-3H3/t12-/m0/s1. The molecule has 21 heavy (non-hydrogen) atoms. The van der Waals surface area contributed by atoms with Crippen molar-refractivity contribution in [1.82, 2.24) is 14.9 Å². The van der Waals surface area contributed by atoms with E-state index in [1.54, 1.807) is 43.4 Å². The summed E-state index contributed by atoms with van der Waals surface area (Å²) in [6.45, 7) is 3.66. The number of aryl methyl sites for hydroxylation is 1. The maximum absolute atomic E-state index is 12.5. The molecule has 2 aromatic rings. The molecule has 0 fully saturated rings. The first-order chi connectivity index (χ1) is 10.0. The van der Waals surface area contributed by atoms with Gasteiger partial charge in [0.15, 0.2) is 0 Å². The van der Waals surface area contributed by atoms with E-state index in [9.17, 15) is 4.79 Å². The van der Waals surface area contributed by atoms with Crippen LogP contribution in [0, 0.1) is 18.3 Å². The number of pyridine rings is 2. The zero-order valence-electron chi connectivity index (χ0n) is 12.2. The molecule has 5 heteroatoms. The fourth-order valence-electron chi connectivity index (χ4n) is 2.00. The molecule has 0 aromatic carbocycles. The minimum atomic E-state index is -0.182. The van der Waals surface area contributed by atoms with Crippen molar-refractivity contribution in [2.24, 2.45) is 0 Å². The van der Waals surface area contributed by atoms with Gasteiger partial charge in [0.05, 0.1) is 17.3 Å². The molecule has 0 radical (unpaired) electrons. The van der Waals surface area contributed by atoms with Gasteiger partial charge in [-0.15, -0.1) is 0 Å². The Morgan fingerprint density at radius 2 is 2.14 bits per heavy atom. The molecule has 5 nitrogen and oxygen atoms in total. The second kappa shape index (κ2) is 6.14. The van der Waals surface area contributed by atoms with Gasteiger partial charge in [-0.2, -0.15) is 5.26 Å². The summed E-state index contributed by atoms with van der Waals surface area (Å²) in [7, 11) is 1.73. The van der Waals surface area contributed by atoms with Crippen LogP contribution in [0.2, 0.25) is 0 Å². The lowest BCUT2D eigenvalue weighted by Crippen LogP contribution is -2.30. The molecular weight excluding hydrogens is 264 g/mol. The molecule has 2 heterocycles. The largest absolute Gasteiger partial charge is 0.334 e. The average Bonchev–Trinajstić information content (AvgIpc) is 2.53. The monoisotopic (exact) mass is 280 g/mol. The van der Waals surface area contributed by atoms with Crippen LogP contribution in [0.3, 0.4) is 0 Å². The van der Waals surface area contributed by atoms with Gasteiger partial charge in [-0.25, -0.2) is 4.98 Å². The summed E-state index contributed by atoms with van der Waals surface area (Å²) in [5.74, 6) is -0.182. The highest BCUT2D eigenvalue weighted by Gasteiger charge is 2.20. The summed E-state index contributed by atoms with van der Waals surface area (Å²) in [6.07, 6.45) is 3.44. The Bertz CT molecular complexity index is 691. The number of carbonyl (C=O) groups is 1. The van der Waals surface area contributed by atoms with Gasteiger partial charge in [-0.1, -0.05) is 6.07 Å². The minimum Gasteiger partial charge on any atom is -0.334 e. The van der Waals surface area contributed by atoms with Gasteiger partial charge in [-0.05, 0) is 37.6 Å². The first-order valence-corrected chi connectivity index (χ1v) is 6.59. The van der Waals surface area contributed by atoms with Crippen LogP contribution in [0.25, 0.3) is 0 Å². The topological polar surface area (TPSA) is 69.9 Å². The van der Waals surface area contributed by atoms with Crippen molar-refractivity contribution in [2.75, 3.05) is 7.05 Å². The summed E-state index contributed by atoms with van der Waals surface area (Å²) >= 11 is 0. The zero-order valence-corrected chi connectivity index (χ0v) is 12.2. The SMILES string of the molecule is Cc1nc(C(=O)N(C)[C@@H](C)c2cccnc2)ccc1C#N. The Morgan fingerprint density at radius 1 is 1.38 bits per heavy atom. The fraction of sp³-hybridized carbons (Fsp3) is 0.250. The van der Waals surface area contributed by atoms with Crippen LogP contribution in [-0.4, -0.2) is 27.8 Å². The predicted molar refractivity (Wildman–Crippen MR) is 78.4 cm³/mol. The number of nitrogens with zero attached hydrogens (tertiary/aromatic N) is 4. The van der Waals surface area contributed by atoms with Gasteiger partial charge >= 0.3 is 0 Å². The number of carbonyl (C=O) groups excluding carboxylic acids is 1. The van der Waals surface area contributed by atoms with Crippen LogP contribution < -0.4 is 0 Å². The van der Waals surface area contributed by atoms with E-state index in [0.717, 1.165) is 5.56 Å². The fourth-order valence-corrected chi connectivity index (χ4v) is 2.00. The van der Waals surface area contributed by atoms with Crippen molar-refractivity contribution in [2.45, 2.75) is 19.9 Å². The molecule has 0 saturated heterocycles. The molecule has 1 amide bonds. The highest BCUT2D eigenvalue weighted by atomic mass is 16.2. The van der Waals surface area contributed by atoms with E-state index >= 15 is 0 Å². The van der Waals surface area contributed by atoms with Gasteiger partial charge in [0.25, 0.3) is 5.91 Å². The summed E-state index contributed by atoms with van der Waals surface area (Å²) in [5.41, 5.74) is 2.34. The zero-order chi connectivity index (χ0) is 15.4. The van der Waals surface area contributed by atoms with E-state index in [4.69, 9.17) is 5.26 Å². The molecule has 106 valence electrons. The molecule has 1 atom stereocenters.